The number of nitrogens with zero attached hydrogens (tertiary/aromatic N) is 4. The van der Waals surface area contributed by atoms with Crippen LogP contribution in [0.4, 0.5) is 0 Å². The summed E-state index contributed by atoms with van der Waals surface area (Å²) in [6.07, 6.45) is 6.30. The summed E-state index contributed by atoms with van der Waals surface area (Å²) in [7, 11) is 6.04. The van der Waals surface area contributed by atoms with Crippen LogP contribution in [0.5, 0.6) is 0 Å². The topological polar surface area (TPSA) is 54.2 Å². The van der Waals surface area contributed by atoms with Crippen LogP contribution in [0.2, 0.25) is 0 Å². The molecule has 0 bridgehead atoms. The summed E-state index contributed by atoms with van der Waals surface area (Å²) in [5.41, 5.74) is -0.121. The van der Waals surface area contributed by atoms with Gasteiger partial charge >= 0.3 is 0 Å². The molecule has 0 spiro atoms. The smallest absolute Gasteiger partial charge is 0.138 e. The van der Waals surface area contributed by atoms with Gasteiger partial charge in [0.2, 0.25) is 0 Å². The van der Waals surface area contributed by atoms with E-state index in [1.165, 1.54) is 12.8 Å². The lowest BCUT2D eigenvalue weighted by atomic mass is 9.71. The summed E-state index contributed by atoms with van der Waals surface area (Å²) in [5, 5.41) is 14.9. The van der Waals surface area contributed by atoms with Gasteiger partial charge in [-0.25, -0.2) is 4.98 Å². The van der Waals surface area contributed by atoms with Crippen molar-refractivity contribution in [2.24, 2.45) is 13.0 Å². The van der Waals surface area contributed by atoms with Crippen molar-refractivity contribution in [2.75, 3.05) is 14.1 Å². The van der Waals surface area contributed by atoms with E-state index < -0.39 is 6.10 Å². The first-order valence-electron chi connectivity index (χ1n) is 7.14. The maximum atomic E-state index is 10.8. The third-order valence-corrected chi connectivity index (χ3v) is 4.70. The van der Waals surface area contributed by atoms with Crippen LogP contribution in [0.15, 0.2) is 6.33 Å². The maximum Gasteiger partial charge on any atom is 0.138 e. The second-order valence-corrected chi connectivity index (χ2v) is 6.22. The van der Waals surface area contributed by atoms with Crippen LogP contribution >= 0.6 is 0 Å². The number of hydrogen-bond acceptors (Lipinski definition) is 4. The van der Waals surface area contributed by atoms with Crippen molar-refractivity contribution in [3.8, 4) is 0 Å². The molecule has 108 valence electrons. The van der Waals surface area contributed by atoms with E-state index in [9.17, 15) is 5.11 Å². The lowest BCUT2D eigenvalue weighted by Crippen LogP contribution is -2.56. The molecule has 0 radical (unpaired) electrons. The molecule has 0 aromatic carbocycles. The molecule has 1 aromatic rings. The minimum absolute atomic E-state index is 0.121. The molecule has 5 heteroatoms. The molecule has 19 heavy (non-hydrogen) atoms. The van der Waals surface area contributed by atoms with E-state index in [4.69, 9.17) is 0 Å². The van der Waals surface area contributed by atoms with Gasteiger partial charge in [-0.2, -0.15) is 5.10 Å². The van der Waals surface area contributed by atoms with E-state index in [0.717, 1.165) is 18.7 Å². The summed E-state index contributed by atoms with van der Waals surface area (Å²) < 4.78 is 1.75. The molecule has 5 nitrogen and oxygen atoms in total. The summed E-state index contributed by atoms with van der Waals surface area (Å²) in [5.74, 6) is 1.53. The Morgan fingerprint density at radius 3 is 2.84 bits per heavy atom. The van der Waals surface area contributed by atoms with E-state index in [0.29, 0.717) is 12.3 Å². The Morgan fingerprint density at radius 1 is 1.58 bits per heavy atom. The lowest BCUT2D eigenvalue weighted by molar-refractivity contribution is -0.0436. The highest BCUT2D eigenvalue weighted by Gasteiger charge is 2.43. The number of aliphatic hydroxyl groups is 1. The second kappa shape index (κ2) is 5.59. The van der Waals surface area contributed by atoms with Gasteiger partial charge in [0.05, 0.1) is 6.10 Å². The Kier molecular flexibility index (Phi) is 4.26. The molecule has 0 aliphatic heterocycles. The normalized spacial score (nSPS) is 29.7. The van der Waals surface area contributed by atoms with Crippen molar-refractivity contribution in [2.45, 2.75) is 50.7 Å². The van der Waals surface area contributed by atoms with Crippen molar-refractivity contribution >= 4 is 0 Å². The van der Waals surface area contributed by atoms with Crippen LogP contribution in [0.3, 0.4) is 0 Å². The molecule has 3 unspecified atom stereocenters. The first-order chi connectivity index (χ1) is 8.95. The Hall–Kier alpha value is -0.940. The fraction of sp³-hybridized carbons (Fsp3) is 0.857. The SMILES string of the molecule is CC1CCCC(C(O)Cc2ncnn2C)(N(C)C)C1. The number of likely N-dealkylation sites (N-methyl/N-ethyl adjacent to an activating group) is 1. The number of aliphatic hydroxyl groups excluding tert-OH is 1. The van der Waals surface area contributed by atoms with Crippen molar-refractivity contribution in [3.63, 3.8) is 0 Å². The van der Waals surface area contributed by atoms with Gasteiger partial charge in [-0.05, 0) is 32.9 Å². The summed E-state index contributed by atoms with van der Waals surface area (Å²) >= 11 is 0. The third-order valence-electron chi connectivity index (χ3n) is 4.70. The average molecular weight is 266 g/mol. The number of aryl methyl sites for hydroxylation is 1. The first kappa shape index (κ1) is 14.5. The first-order valence-corrected chi connectivity index (χ1v) is 7.14. The molecule has 1 saturated carbocycles. The van der Waals surface area contributed by atoms with Gasteiger partial charge in [0.15, 0.2) is 0 Å². The highest BCUT2D eigenvalue weighted by atomic mass is 16.3. The third kappa shape index (κ3) is 2.82. The zero-order valence-electron chi connectivity index (χ0n) is 12.5. The van der Waals surface area contributed by atoms with Crippen LogP contribution in [-0.2, 0) is 13.5 Å². The van der Waals surface area contributed by atoms with Crippen molar-refractivity contribution < 1.29 is 5.11 Å². The molecule has 1 N–H and O–H groups in total. The van der Waals surface area contributed by atoms with Crippen LogP contribution in [0, 0.1) is 5.92 Å². The molecule has 2 rings (SSSR count). The van der Waals surface area contributed by atoms with Crippen molar-refractivity contribution in [1.82, 2.24) is 19.7 Å². The summed E-state index contributed by atoms with van der Waals surface area (Å²) in [6, 6.07) is 0. The van der Waals surface area contributed by atoms with E-state index in [1.807, 2.05) is 7.05 Å². The zero-order chi connectivity index (χ0) is 14.0. The van der Waals surface area contributed by atoms with Crippen LogP contribution < -0.4 is 0 Å². The Balaban J connectivity index is 2.17. The van der Waals surface area contributed by atoms with Crippen LogP contribution in [0.25, 0.3) is 0 Å². The highest BCUT2D eigenvalue weighted by molar-refractivity contribution is 5.02. The standard InChI is InChI=1S/C14H26N4O/c1-11-6-5-7-14(9-11,17(2)3)12(19)8-13-15-10-16-18(13)4/h10-12,19H,5-9H2,1-4H3. The van der Waals surface area contributed by atoms with Gasteiger partial charge < -0.3 is 10.0 Å². The monoisotopic (exact) mass is 266 g/mol. The molecule has 1 heterocycles. The fourth-order valence-electron chi connectivity index (χ4n) is 3.44. The Morgan fingerprint density at radius 2 is 2.32 bits per heavy atom. The van der Waals surface area contributed by atoms with E-state index in [1.54, 1.807) is 11.0 Å². The largest absolute Gasteiger partial charge is 0.391 e. The van der Waals surface area contributed by atoms with E-state index in [-0.39, 0.29) is 5.54 Å². The predicted molar refractivity (Wildman–Crippen MR) is 74.8 cm³/mol. The molecule has 0 amide bonds. The summed E-state index contributed by atoms with van der Waals surface area (Å²) in [4.78, 5) is 6.45. The molecule has 1 aromatic heterocycles. The van der Waals surface area contributed by atoms with Gasteiger partial charge in [0, 0.05) is 19.0 Å². The predicted octanol–water partition coefficient (Wildman–Crippen LogP) is 1.23. The van der Waals surface area contributed by atoms with Gasteiger partial charge in [-0.1, -0.05) is 19.8 Å². The second-order valence-electron chi connectivity index (χ2n) is 6.22. The number of aromatic nitrogens is 3. The maximum absolute atomic E-state index is 10.8. The Labute approximate surface area is 115 Å². The Bertz CT molecular complexity index is 417. The van der Waals surface area contributed by atoms with Crippen molar-refractivity contribution in [1.29, 1.82) is 0 Å². The molecule has 0 saturated heterocycles. The van der Waals surface area contributed by atoms with Gasteiger partial charge in [-0.3, -0.25) is 4.68 Å². The van der Waals surface area contributed by atoms with Gasteiger partial charge in [0.25, 0.3) is 0 Å². The molecule has 1 fully saturated rings. The molecule has 1 aliphatic carbocycles. The van der Waals surface area contributed by atoms with E-state index in [2.05, 4.69) is 36.0 Å². The molecule has 3 atom stereocenters. The minimum Gasteiger partial charge on any atom is -0.391 e. The molecular weight excluding hydrogens is 240 g/mol. The van der Waals surface area contributed by atoms with Crippen LogP contribution in [-0.4, -0.2) is 50.5 Å². The van der Waals surface area contributed by atoms with Gasteiger partial charge in [-0.15, -0.1) is 0 Å². The van der Waals surface area contributed by atoms with Crippen molar-refractivity contribution in [3.05, 3.63) is 12.2 Å². The lowest BCUT2D eigenvalue weighted by Gasteiger charge is -2.48. The van der Waals surface area contributed by atoms with Gasteiger partial charge in [0.1, 0.15) is 12.2 Å². The number of hydrogen-bond donors (Lipinski definition) is 1. The highest BCUT2D eigenvalue weighted by Crippen LogP contribution is 2.38. The summed E-state index contributed by atoms with van der Waals surface area (Å²) in [6.45, 7) is 2.28. The number of rotatable bonds is 4. The van der Waals surface area contributed by atoms with E-state index >= 15 is 0 Å². The molecular formula is C14H26N4O. The van der Waals surface area contributed by atoms with Crippen LogP contribution in [0.1, 0.15) is 38.4 Å². The minimum atomic E-state index is -0.395. The quantitative estimate of drug-likeness (QED) is 0.890. The fourth-order valence-corrected chi connectivity index (χ4v) is 3.44. The average Bonchev–Trinajstić information content (AvgIpc) is 2.74. The molecule has 1 aliphatic rings. The zero-order valence-corrected chi connectivity index (χ0v) is 12.5.